The summed E-state index contributed by atoms with van der Waals surface area (Å²) in [6, 6.07) is 7.56. The second kappa shape index (κ2) is 5.51. The van der Waals surface area contributed by atoms with Crippen molar-refractivity contribution in [3.63, 3.8) is 0 Å². The summed E-state index contributed by atoms with van der Waals surface area (Å²) in [4.78, 5) is 4.00. The molecule has 0 bridgehead atoms. The zero-order valence-corrected chi connectivity index (χ0v) is 12.9. The number of rotatable bonds is 6. The van der Waals surface area contributed by atoms with Gasteiger partial charge in [-0.1, -0.05) is 25.8 Å². The van der Waals surface area contributed by atoms with Crippen molar-refractivity contribution in [3.05, 3.63) is 46.4 Å². The van der Waals surface area contributed by atoms with Gasteiger partial charge in [-0.05, 0) is 30.0 Å². The molecular weight excluding hydrogens is 278 g/mol. The molecule has 0 radical (unpaired) electrons. The van der Waals surface area contributed by atoms with E-state index in [9.17, 15) is 8.42 Å². The standard InChI is InChI=1S/C14H19NO2S2/c1-3-4-9-14(19(2,16)17,12-7-5-10-15-12)13-8-6-11-18-13/h5-8,10-11,15H,3-4,9H2,1-2H3. The van der Waals surface area contributed by atoms with Crippen LogP contribution in [0.4, 0.5) is 0 Å². The molecule has 0 aromatic carbocycles. The largest absolute Gasteiger partial charge is 0.363 e. The lowest BCUT2D eigenvalue weighted by molar-refractivity contribution is 0.525. The Balaban J connectivity index is 2.65. The molecule has 0 aliphatic carbocycles. The maximum atomic E-state index is 12.5. The van der Waals surface area contributed by atoms with E-state index < -0.39 is 14.6 Å². The Morgan fingerprint density at radius 3 is 2.58 bits per heavy atom. The van der Waals surface area contributed by atoms with Crippen molar-refractivity contribution in [3.8, 4) is 0 Å². The molecule has 0 fully saturated rings. The van der Waals surface area contributed by atoms with Crippen molar-refractivity contribution in [2.75, 3.05) is 6.26 Å². The summed E-state index contributed by atoms with van der Waals surface area (Å²) in [5.74, 6) is 0. The van der Waals surface area contributed by atoms with E-state index in [-0.39, 0.29) is 0 Å². The summed E-state index contributed by atoms with van der Waals surface area (Å²) < 4.78 is 24.2. The van der Waals surface area contributed by atoms with E-state index in [1.165, 1.54) is 17.6 Å². The average molecular weight is 297 g/mol. The first-order valence-corrected chi connectivity index (χ1v) is 9.17. The molecule has 19 heavy (non-hydrogen) atoms. The first-order chi connectivity index (χ1) is 9.02. The van der Waals surface area contributed by atoms with E-state index in [2.05, 4.69) is 11.9 Å². The normalized spacial score (nSPS) is 15.3. The molecule has 0 amide bonds. The summed E-state index contributed by atoms with van der Waals surface area (Å²) >= 11 is 1.51. The molecule has 0 spiro atoms. The van der Waals surface area contributed by atoms with Crippen LogP contribution in [0, 0.1) is 0 Å². The molecule has 104 valence electrons. The number of aromatic amines is 1. The van der Waals surface area contributed by atoms with Crippen LogP contribution in [0.15, 0.2) is 35.8 Å². The van der Waals surface area contributed by atoms with Crippen LogP contribution in [0.25, 0.3) is 0 Å². The quantitative estimate of drug-likeness (QED) is 0.886. The molecule has 1 N–H and O–H groups in total. The molecule has 2 rings (SSSR count). The lowest BCUT2D eigenvalue weighted by atomic mass is 9.95. The fourth-order valence-electron chi connectivity index (χ4n) is 2.47. The molecule has 1 atom stereocenters. The van der Waals surface area contributed by atoms with Crippen molar-refractivity contribution in [1.29, 1.82) is 0 Å². The minimum absolute atomic E-state index is 0.614. The minimum Gasteiger partial charge on any atom is -0.363 e. The SMILES string of the molecule is CCCCC(c1ccc[nH]1)(c1cccs1)S(C)(=O)=O. The Morgan fingerprint density at radius 1 is 1.32 bits per heavy atom. The summed E-state index contributed by atoms with van der Waals surface area (Å²) in [6.07, 6.45) is 5.59. The minimum atomic E-state index is -3.27. The van der Waals surface area contributed by atoms with Gasteiger partial charge in [0, 0.05) is 23.0 Å². The van der Waals surface area contributed by atoms with E-state index in [0.29, 0.717) is 6.42 Å². The second-order valence-electron chi connectivity index (χ2n) is 4.76. The number of sulfone groups is 1. The fourth-order valence-corrected chi connectivity index (χ4v) is 5.41. The van der Waals surface area contributed by atoms with E-state index in [1.54, 1.807) is 6.20 Å². The topological polar surface area (TPSA) is 49.9 Å². The monoisotopic (exact) mass is 297 g/mol. The predicted octanol–water partition coefficient (Wildman–Crippen LogP) is 3.55. The third-order valence-electron chi connectivity index (χ3n) is 3.47. The fraction of sp³-hybridized carbons (Fsp3) is 0.429. The van der Waals surface area contributed by atoms with Crippen LogP contribution in [0.2, 0.25) is 0 Å². The summed E-state index contributed by atoms with van der Waals surface area (Å²) in [5, 5.41) is 1.93. The maximum Gasteiger partial charge on any atom is 0.163 e. The highest BCUT2D eigenvalue weighted by molar-refractivity contribution is 7.92. The molecule has 0 saturated carbocycles. The van der Waals surface area contributed by atoms with Gasteiger partial charge in [-0.15, -0.1) is 11.3 Å². The van der Waals surface area contributed by atoms with E-state index in [1.807, 2.05) is 29.6 Å². The maximum absolute atomic E-state index is 12.5. The smallest absolute Gasteiger partial charge is 0.163 e. The van der Waals surface area contributed by atoms with Crippen LogP contribution in [0.1, 0.15) is 36.8 Å². The lowest BCUT2D eigenvalue weighted by Crippen LogP contribution is -2.36. The average Bonchev–Trinajstić information content (AvgIpc) is 3.01. The highest BCUT2D eigenvalue weighted by Gasteiger charge is 2.45. The second-order valence-corrected chi connectivity index (χ2v) is 7.95. The van der Waals surface area contributed by atoms with Gasteiger partial charge in [0.1, 0.15) is 4.75 Å². The molecule has 0 aliphatic heterocycles. The van der Waals surface area contributed by atoms with E-state index in [4.69, 9.17) is 0 Å². The number of aromatic nitrogens is 1. The Bertz CT molecular complexity index is 564. The van der Waals surface area contributed by atoms with Crippen molar-refractivity contribution in [1.82, 2.24) is 4.98 Å². The van der Waals surface area contributed by atoms with Crippen molar-refractivity contribution < 1.29 is 8.42 Å². The van der Waals surface area contributed by atoms with Crippen LogP contribution < -0.4 is 0 Å². The van der Waals surface area contributed by atoms with Gasteiger partial charge in [-0.25, -0.2) is 8.42 Å². The van der Waals surface area contributed by atoms with Gasteiger partial charge >= 0.3 is 0 Å². The van der Waals surface area contributed by atoms with Crippen molar-refractivity contribution >= 4 is 21.2 Å². The molecule has 3 nitrogen and oxygen atoms in total. The van der Waals surface area contributed by atoms with Crippen molar-refractivity contribution in [2.45, 2.75) is 30.9 Å². The molecule has 2 aromatic rings. The Morgan fingerprint density at radius 2 is 2.11 bits per heavy atom. The zero-order chi connectivity index (χ0) is 13.9. The van der Waals surface area contributed by atoms with Gasteiger partial charge < -0.3 is 4.98 Å². The molecular formula is C14H19NO2S2. The summed E-state index contributed by atoms with van der Waals surface area (Å²) in [6.45, 7) is 2.08. The van der Waals surface area contributed by atoms with Gasteiger partial charge in [0.15, 0.2) is 9.84 Å². The highest BCUT2D eigenvalue weighted by Crippen LogP contribution is 2.43. The summed E-state index contributed by atoms with van der Waals surface area (Å²) in [7, 11) is -3.27. The zero-order valence-electron chi connectivity index (χ0n) is 11.2. The van der Waals surface area contributed by atoms with Gasteiger partial charge in [0.25, 0.3) is 0 Å². The Labute approximate surface area is 118 Å². The van der Waals surface area contributed by atoms with Crippen LogP contribution in [0.3, 0.4) is 0 Å². The number of thiophene rings is 1. The van der Waals surface area contributed by atoms with Crippen molar-refractivity contribution in [2.24, 2.45) is 0 Å². The highest BCUT2D eigenvalue weighted by atomic mass is 32.2. The first kappa shape index (κ1) is 14.3. The molecule has 5 heteroatoms. The number of unbranched alkanes of at least 4 members (excludes halogenated alkanes) is 1. The van der Waals surface area contributed by atoms with E-state index in [0.717, 1.165) is 23.4 Å². The molecule has 2 heterocycles. The number of H-pyrrole nitrogens is 1. The molecule has 0 saturated heterocycles. The van der Waals surface area contributed by atoms with Gasteiger partial charge in [-0.3, -0.25) is 0 Å². The summed E-state index contributed by atoms with van der Waals surface area (Å²) in [5.41, 5.74) is 0.769. The first-order valence-electron chi connectivity index (χ1n) is 6.40. The van der Waals surface area contributed by atoms with Crippen LogP contribution in [-0.4, -0.2) is 19.7 Å². The van der Waals surface area contributed by atoms with Gasteiger partial charge in [0.05, 0.1) is 0 Å². The lowest BCUT2D eigenvalue weighted by Gasteiger charge is -2.30. The Hall–Kier alpha value is -1.07. The van der Waals surface area contributed by atoms with Gasteiger partial charge in [-0.2, -0.15) is 0 Å². The van der Waals surface area contributed by atoms with Crippen LogP contribution >= 0.6 is 11.3 Å². The third kappa shape index (κ3) is 2.49. The number of hydrogen-bond acceptors (Lipinski definition) is 3. The van der Waals surface area contributed by atoms with Crippen LogP contribution in [-0.2, 0) is 14.6 Å². The number of nitrogens with one attached hydrogen (secondary N) is 1. The van der Waals surface area contributed by atoms with Gasteiger partial charge in [0.2, 0.25) is 0 Å². The third-order valence-corrected chi connectivity index (χ3v) is 6.54. The van der Waals surface area contributed by atoms with E-state index >= 15 is 0 Å². The predicted molar refractivity (Wildman–Crippen MR) is 80.3 cm³/mol. The number of hydrogen-bond donors (Lipinski definition) is 1. The Kier molecular flexibility index (Phi) is 4.16. The molecule has 0 aliphatic rings. The molecule has 2 aromatic heterocycles. The van der Waals surface area contributed by atoms with Crippen LogP contribution in [0.5, 0.6) is 0 Å². The molecule has 1 unspecified atom stereocenters.